The third-order valence-electron chi connectivity index (χ3n) is 2.98. The van der Waals surface area contributed by atoms with Gasteiger partial charge in [0.1, 0.15) is 5.82 Å². The average molecular weight is 227 g/mol. The number of aromatic nitrogens is 1. The zero-order valence-electron chi connectivity index (χ0n) is 9.25. The van der Waals surface area contributed by atoms with Crippen LogP contribution in [-0.2, 0) is 0 Å². The number of pyridine rings is 1. The zero-order chi connectivity index (χ0) is 12.0. The smallest absolute Gasteiger partial charge is 0.197 e. The number of H-pyrrole nitrogens is 1. The van der Waals surface area contributed by atoms with Gasteiger partial charge in [0.05, 0.1) is 5.52 Å². The van der Waals surface area contributed by atoms with Crippen LogP contribution in [0.2, 0.25) is 0 Å². The molecule has 0 aliphatic rings. The normalized spacial score (nSPS) is 11.2. The quantitative estimate of drug-likeness (QED) is 0.588. The number of rotatable bonds is 0. The molecule has 0 saturated carbocycles. The second-order valence-corrected chi connectivity index (χ2v) is 4.14. The van der Waals surface area contributed by atoms with Gasteiger partial charge in [-0.15, -0.1) is 0 Å². The maximum atomic E-state index is 13.3. The van der Waals surface area contributed by atoms with Crippen LogP contribution in [0.3, 0.4) is 0 Å². The van der Waals surface area contributed by atoms with Gasteiger partial charge in [0, 0.05) is 16.3 Å². The lowest BCUT2D eigenvalue weighted by Gasteiger charge is -2.05. The van der Waals surface area contributed by atoms with Crippen LogP contribution in [0.4, 0.5) is 4.39 Å². The molecule has 1 N–H and O–H groups in total. The molecule has 0 fully saturated rings. The van der Waals surface area contributed by atoms with Crippen LogP contribution in [0.5, 0.6) is 0 Å². The van der Waals surface area contributed by atoms with Crippen LogP contribution in [0.1, 0.15) is 5.56 Å². The maximum absolute atomic E-state index is 13.3. The second-order valence-electron chi connectivity index (χ2n) is 4.14. The topological polar surface area (TPSA) is 32.9 Å². The fourth-order valence-corrected chi connectivity index (χ4v) is 2.16. The number of aromatic amines is 1. The minimum atomic E-state index is -0.379. The predicted octanol–water partition coefficient (Wildman–Crippen LogP) is 3.13. The van der Waals surface area contributed by atoms with Crippen molar-refractivity contribution in [2.45, 2.75) is 6.92 Å². The van der Waals surface area contributed by atoms with E-state index in [1.807, 2.05) is 12.1 Å². The van der Waals surface area contributed by atoms with E-state index >= 15 is 0 Å². The van der Waals surface area contributed by atoms with E-state index in [0.717, 1.165) is 11.1 Å². The highest BCUT2D eigenvalue weighted by molar-refractivity contribution is 5.93. The lowest BCUT2D eigenvalue weighted by atomic mass is 10.1. The largest absolute Gasteiger partial charge is 0.354 e. The summed E-state index contributed by atoms with van der Waals surface area (Å²) >= 11 is 0. The lowest BCUT2D eigenvalue weighted by Crippen LogP contribution is -2.05. The van der Waals surface area contributed by atoms with Crippen molar-refractivity contribution in [3.05, 3.63) is 58.0 Å². The molecule has 0 bridgehead atoms. The fourth-order valence-electron chi connectivity index (χ4n) is 2.16. The fraction of sp³-hybridized carbons (Fsp3) is 0.0714. The summed E-state index contributed by atoms with van der Waals surface area (Å²) in [5, 5.41) is 0.992. The van der Waals surface area contributed by atoms with E-state index in [2.05, 4.69) is 4.98 Å². The molecule has 0 aliphatic carbocycles. The Kier molecular flexibility index (Phi) is 2.01. The second kappa shape index (κ2) is 3.42. The van der Waals surface area contributed by atoms with Crippen molar-refractivity contribution in [3.63, 3.8) is 0 Å². The number of hydrogen-bond acceptors (Lipinski definition) is 1. The highest BCUT2D eigenvalue weighted by Crippen LogP contribution is 2.18. The summed E-state index contributed by atoms with van der Waals surface area (Å²) in [7, 11) is 0. The number of halogens is 1. The van der Waals surface area contributed by atoms with E-state index in [0.29, 0.717) is 16.3 Å². The Labute approximate surface area is 96.7 Å². The summed E-state index contributed by atoms with van der Waals surface area (Å²) in [6.07, 6.45) is 0. The summed E-state index contributed by atoms with van der Waals surface area (Å²) < 4.78 is 13.3. The van der Waals surface area contributed by atoms with E-state index in [1.54, 1.807) is 19.1 Å². The Hall–Kier alpha value is -2.16. The molecule has 0 amide bonds. The third-order valence-corrected chi connectivity index (χ3v) is 2.98. The molecule has 0 saturated heterocycles. The summed E-state index contributed by atoms with van der Waals surface area (Å²) in [4.78, 5) is 15.4. The van der Waals surface area contributed by atoms with E-state index in [1.165, 1.54) is 12.1 Å². The molecular formula is C14H10FNO. The van der Waals surface area contributed by atoms with Gasteiger partial charge < -0.3 is 4.98 Å². The van der Waals surface area contributed by atoms with Crippen molar-refractivity contribution in [2.24, 2.45) is 0 Å². The van der Waals surface area contributed by atoms with Gasteiger partial charge in [0.15, 0.2) is 5.43 Å². The van der Waals surface area contributed by atoms with Gasteiger partial charge >= 0.3 is 0 Å². The van der Waals surface area contributed by atoms with Crippen molar-refractivity contribution in [1.29, 1.82) is 0 Å². The van der Waals surface area contributed by atoms with Crippen molar-refractivity contribution in [2.75, 3.05) is 0 Å². The van der Waals surface area contributed by atoms with Gasteiger partial charge in [0.25, 0.3) is 0 Å². The molecule has 2 nitrogen and oxygen atoms in total. The summed E-state index contributed by atoms with van der Waals surface area (Å²) in [5.74, 6) is -0.379. The monoisotopic (exact) mass is 227 g/mol. The highest BCUT2D eigenvalue weighted by atomic mass is 19.1. The van der Waals surface area contributed by atoms with Crippen LogP contribution in [-0.4, -0.2) is 4.98 Å². The molecule has 3 heteroatoms. The number of benzene rings is 2. The van der Waals surface area contributed by atoms with Crippen molar-refractivity contribution >= 4 is 21.8 Å². The first kappa shape index (κ1) is 10.0. The Balaban J connectivity index is 2.64. The van der Waals surface area contributed by atoms with E-state index in [4.69, 9.17) is 0 Å². The highest BCUT2D eigenvalue weighted by Gasteiger charge is 2.08. The lowest BCUT2D eigenvalue weighted by molar-refractivity contribution is 0.628. The van der Waals surface area contributed by atoms with Crippen LogP contribution < -0.4 is 5.43 Å². The van der Waals surface area contributed by atoms with Crippen molar-refractivity contribution < 1.29 is 4.39 Å². The van der Waals surface area contributed by atoms with E-state index in [9.17, 15) is 9.18 Å². The average Bonchev–Trinajstić information content (AvgIpc) is 2.31. The molecule has 0 spiro atoms. The molecule has 0 unspecified atom stereocenters. The predicted molar refractivity (Wildman–Crippen MR) is 66.8 cm³/mol. The summed E-state index contributed by atoms with van der Waals surface area (Å²) in [6.45, 7) is 1.79. The maximum Gasteiger partial charge on any atom is 0.197 e. The molecular weight excluding hydrogens is 217 g/mol. The van der Waals surface area contributed by atoms with Crippen LogP contribution >= 0.6 is 0 Å². The first-order valence-electron chi connectivity index (χ1n) is 5.38. The van der Waals surface area contributed by atoms with Crippen LogP contribution in [0.15, 0.2) is 41.2 Å². The number of hydrogen-bond donors (Lipinski definition) is 1. The molecule has 84 valence electrons. The van der Waals surface area contributed by atoms with Gasteiger partial charge in [-0.1, -0.05) is 12.1 Å². The number of nitrogens with one attached hydrogen (secondary N) is 1. The summed E-state index contributed by atoms with van der Waals surface area (Å²) in [6, 6.07) is 9.96. The van der Waals surface area contributed by atoms with Gasteiger partial charge in [-0.05, 0) is 36.8 Å². The molecule has 3 aromatic rings. The number of fused-ring (bicyclic) bond motifs is 2. The molecule has 0 radical (unpaired) electrons. The molecule has 17 heavy (non-hydrogen) atoms. The van der Waals surface area contributed by atoms with Gasteiger partial charge in [0.2, 0.25) is 0 Å². The van der Waals surface area contributed by atoms with Crippen LogP contribution in [0, 0.1) is 12.7 Å². The van der Waals surface area contributed by atoms with Gasteiger partial charge in [-0.3, -0.25) is 4.79 Å². The SMILES string of the molecule is Cc1cc(F)cc2c(=O)c3ccccc3[nH]c12. The Bertz CT molecular complexity index is 789. The molecule has 3 rings (SSSR count). The number of aryl methyl sites for hydroxylation is 1. The van der Waals surface area contributed by atoms with E-state index < -0.39 is 0 Å². The number of para-hydroxylation sites is 1. The molecule has 0 atom stereocenters. The Morgan fingerprint density at radius 1 is 1.12 bits per heavy atom. The first-order chi connectivity index (χ1) is 8.16. The first-order valence-corrected chi connectivity index (χ1v) is 5.38. The summed E-state index contributed by atoms with van der Waals surface area (Å²) in [5.41, 5.74) is 2.09. The minimum absolute atomic E-state index is 0.128. The Morgan fingerprint density at radius 2 is 1.88 bits per heavy atom. The van der Waals surface area contributed by atoms with Crippen molar-refractivity contribution in [1.82, 2.24) is 4.98 Å². The molecule has 2 aromatic carbocycles. The van der Waals surface area contributed by atoms with Crippen molar-refractivity contribution in [3.8, 4) is 0 Å². The molecule has 1 aromatic heterocycles. The zero-order valence-corrected chi connectivity index (χ0v) is 9.25. The minimum Gasteiger partial charge on any atom is -0.354 e. The van der Waals surface area contributed by atoms with Crippen LogP contribution in [0.25, 0.3) is 21.8 Å². The standard InChI is InChI=1S/C14H10FNO/c1-8-6-9(15)7-11-13(8)16-12-5-3-2-4-10(12)14(11)17/h2-7H,1H3,(H,16,17). The van der Waals surface area contributed by atoms with E-state index in [-0.39, 0.29) is 11.2 Å². The van der Waals surface area contributed by atoms with Gasteiger partial charge in [-0.25, -0.2) is 4.39 Å². The third kappa shape index (κ3) is 1.43. The Morgan fingerprint density at radius 3 is 2.71 bits per heavy atom. The van der Waals surface area contributed by atoms with Gasteiger partial charge in [-0.2, -0.15) is 0 Å². The molecule has 1 heterocycles. The molecule has 0 aliphatic heterocycles.